The van der Waals surface area contributed by atoms with Gasteiger partial charge in [0.1, 0.15) is 0 Å². The van der Waals surface area contributed by atoms with Crippen LogP contribution in [0, 0.1) is 11.8 Å². The quantitative estimate of drug-likeness (QED) is 0.482. The van der Waals surface area contributed by atoms with Gasteiger partial charge in [-0.2, -0.15) is 5.48 Å². The fourth-order valence-corrected chi connectivity index (χ4v) is 0.745. The maximum Gasteiger partial charge on any atom is 0.0901 e. The lowest BCUT2D eigenvalue weighted by Gasteiger charge is -1.96. The SMILES string of the molecule is C[C@H](C#Cc1ccccc1)NO. The summed E-state index contributed by atoms with van der Waals surface area (Å²) in [5.74, 6) is 5.76. The second kappa shape index (κ2) is 4.55. The van der Waals surface area contributed by atoms with Crippen molar-refractivity contribution >= 4 is 0 Å². The van der Waals surface area contributed by atoms with Crippen LogP contribution < -0.4 is 5.48 Å². The summed E-state index contributed by atoms with van der Waals surface area (Å²) < 4.78 is 0. The van der Waals surface area contributed by atoms with Gasteiger partial charge in [0.15, 0.2) is 0 Å². The summed E-state index contributed by atoms with van der Waals surface area (Å²) in [7, 11) is 0. The Bertz CT molecular complexity index is 284. The lowest BCUT2D eigenvalue weighted by atomic mass is 10.2. The van der Waals surface area contributed by atoms with Gasteiger partial charge >= 0.3 is 0 Å². The zero-order chi connectivity index (χ0) is 8.81. The molecular weight excluding hydrogens is 150 g/mol. The standard InChI is InChI=1S/C10H11NO/c1-9(11-12)7-8-10-5-3-2-4-6-10/h2-6,9,11-12H,1H3/t9-/m1/s1. The van der Waals surface area contributed by atoms with Gasteiger partial charge in [-0.25, -0.2) is 0 Å². The molecule has 0 unspecified atom stereocenters. The Morgan fingerprint density at radius 2 is 2.00 bits per heavy atom. The molecule has 62 valence electrons. The minimum Gasteiger partial charge on any atom is -0.316 e. The van der Waals surface area contributed by atoms with Crippen LogP contribution in [0.2, 0.25) is 0 Å². The maximum atomic E-state index is 8.46. The van der Waals surface area contributed by atoms with Crippen molar-refractivity contribution in [2.24, 2.45) is 0 Å². The van der Waals surface area contributed by atoms with Gasteiger partial charge in [0.25, 0.3) is 0 Å². The first-order valence-electron chi connectivity index (χ1n) is 3.79. The topological polar surface area (TPSA) is 32.3 Å². The van der Waals surface area contributed by atoms with Gasteiger partial charge in [-0.1, -0.05) is 30.0 Å². The van der Waals surface area contributed by atoms with E-state index in [0.29, 0.717) is 0 Å². The molecule has 12 heavy (non-hydrogen) atoms. The van der Waals surface area contributed by atoms with Crippen molar-refractivity contribution in [1.82, 2.24) is 5.48 Å². The van der Waals surface area contributed by atoms with Crippen LogP contribution in [0.15, 0.2) is 30.3 Å². The van der Waals surface area contributed by atoms with Gasteiger partial charge in [-0.3, -0.25) is 0 Å². The molecule has 1 aromatic carbocycles. The third kappa shape index (κ3) is 2.75. The molecule has 0 saturated heterocycles. The van der Waals surface area contributed by atoms with Crippen LogP contribution in [0.1, 0.15) is 12.5 Å². The molecule has 0 saturated carbocycles. The third-order valence-corrected chi connectivity index (χ3v) is 1.40. The normalized spacial score (nSPS) is 11.5. The Kier molecular flexibility index (Phi) is 3.34. The predicted octanol–water partition coefficient (Wildman–Crippen LogP) is 1.41. The molecule has 0 aliphatic rings. The van der Waals surface area contributed by atoms with Crippen molar-refractivity contribution in [3.63, 3.8) is 0 Å². The smallest absolute Gasteiger partial charge is 0.0901 e. The molecule has 0 spiro atoms. The molecular formula is C10H11NO. The summed E-state index contributed by atoms with van der Waals surface area (Å²) in [6, 6.07) is 9.47. The molecule has 2 N–H and O–H groups in total. The largest absolute Gasteiger partial charge is 0.316 e. The Morgan fingerprint density at radius 1 is 1.33 bits per heavy atom. The number of nitrogens with one attached hydrogen (secondary N) is 1. The van der Waals surface area contributed by atoms with E-state index in [1.165, 1.54) is 0 Å². The highest BCUT2D eigenvalue weighted by atomic mass is 16.5. The van der Waals surface area contributed by atoms with E-state index in [9.17, 15) is 0 Å². The summed E-state index contributed by atoms with van der Waals surface area (Å²) in [5, 5.41) is 8.46. The molecule has 0 bridgehead atoms. The summed E-state index contributed by atoms with van der Waals surface area (Å²) in [6.07, 6.45) is 0. The highest BCUT2D eigenvalue weighted by Gasteiger charge is 1.88. The molecule has 0 amide bonds. The average molecular weight is 161 g/mol. The second-order valence-electron chi connectivity index (χ2n) is 2.49. The fraction of sp³-hybridized carbons (Fsp3) is 0.200. The second-order valence-corrected chi connectivity index (χ2v) is 2.49. The van der Waals surface area contributed by atoms with Gasteiger partial charge in [0.2, 0.25) is 0 Å². The van der Waals surface area contributed by atoms with E-state index in [-0.39, 0.29) is 6.04 Å². The van der Waals surface area contributed by atoms with Crippen molar-refractivity contribution in [2.75, 3.05) is 0 Å². The Hall–Kier alpha value is -1.30. The Morgan fingerprint density at radius 3 is 2.58 bits per heavy atom. The molecule has 0 aliphatic carbocycles. The molecule has 0 aromatic heterocycles. The van der Waals surface area contributed by atoms with Crippen LogP contribution in [0.4, 0.5) is 0 Å². The lowest BCUT2D eigenvalue weighted by Crippen LogP contribution is -2.19. The van der Waals surface area contributed by atoms with Crippen molar-refractivity contribution in [3.05, 3.63) is 35.9 Å². The lowest BCUT2D eigenvalue weighted by molar-refractivity contribution is 0.152. The van der Waals surface area contributed by atoms with Crippen molar-refractivity contribution < 1.29 is 5.21 Å². The summed E-state index contributed by atoms with van der Waals surface area (Å²) in [6.45, 7) is 1.79. The zero-order valence-electron chi connectivity index (χ0n) is 6.91. The van der Waals surface area contributed by atoms with Crippen LogP contribution in [0.25, 0.3) is 0 Å². The first kappa shape index (κ1) is 8.79. The molecule has 1 rings (SSSR count). The van der Waals surface area contributed by atoms with E-state index in [0.717, 1.165) is 5.56 Å². The number of rotatable bonds is 1. The predicted molar refractivity (Wildman–Crippen MR) is 47.7 cm³/mol. The van der Waals surface area contributed by atoms with E-state index in [1.807, 2.05) is 30.3 Å². The van der Waals surface area contributed by atoms with E-state index in [2.05, 4.69) is 17.3 Å². The van der Waals surface area contributed by atoms with Gasteiger partial charge < -0.3 is 5.21 Å². The number of hydrogen-bond acceptors (Lipinski definition) is 2. The molecule has 0 fully saturated rings. The van der Waals surface area contributed by atoms with E-state index in [4.69, 9.17) is 5.21 Å². The number of hydroxylamine groups is 1. The third-order valence-electron chi connectivity index (χ3n) is 1.40. The zero-order valence-corrected chi connectivity index (χ0v) is 6.91. The Balaban J connectivity index is 2.67. The summed E-state index contributed by atoms with van der Waals surface area (Å²) in [4.78, 5) is 0. The van der Waals surface area contributed by atoms with Crippen LogP contribution in [0.5, 0.6) is 0 Å². The highest BCUT2D eigenvalue weighted by molar-refractivity contribution is 5.34. The van der Waals surface area contributed by atoms with Crippen molar-refractivity contribution in [2.45, 2.75) is 13.0 Å². The monoisotopic (exact) mass is 161 g/mol. The van der Waals surface area contributed by atoms with Gasteiger partial charge in [0.05, 0.1) is 6.04 Å². The van der Waals surface area contributed by atoms with Crippen molar-refractivity contribution in [1.29, 1.82) is 0 Å². The first-order valence-corrected chi connectivity index (χ1v) is 3.79. The van der Waals surface area contributed by atoms with Crippen LogP contribution in [0.3, 0.4) is 0 Å². The molecule has 0 heterocycles. The van der Waals surface area contributed by atoms with Crippen LogP contribution in [-0.4, -0.2) is 11.2 Å². The number of hydrogen-bond donors (Lipinski definition) is 2. The van der Waals surface area contributed by atoms with Gasteiger partial charge in [0, 0.05) is 5.56 Å². The Labute approximate surface area is 72.2 Å². The van der Waals surface area contributed by atoms with Crippen molar-refractivity contribution in [3.8, 4) is 11.8 Å². The molecule has 0 radical (unpaired) electrons. The van der Waals surface area contributed by atoms with Gasteiger partial charge in [-0.05, 0) is 19.1 Å². The number of benzene rings is 1. The molecule has 2 heteroatoms. The molecule has 0 aliphatic heterocycles. The van der Waals surface area contributed by atoms with Crippen LogP contribution >= 0.6 is 0 Å². The maximum absolute atomic E-state index is 8.46. The van der Waals surface area contributed by atoms with Gasteiger partial charge in [-0.15, -0.1) is 0 Å². The highest BCUT2D eigenvalue weighted by Crippen LogP contribution is 1.94. The van der Waals surface area contributed by atoms with E-state index in [1.54, 1.807) is 6.92 Å². The van der Waals surface area contributed by atoms with Crippen LogP contribution in [-0.2, 0) is 0 Å². The molecule has 1 atom stereocenters. The summed E-state index contributed by atoms with van der Waals surface area (Å²) >= 11 is 0. The fourth-order valence-electron chi connectivity index (χ4n) is 0.745. The molecule has 2 nitrogen and oxygen atoms in total. The minimum atomic E-state index is -0.190. The minimum absolute atomic E-state index is 0.190. The van der Waals surface area contributed by atoms with E-state index < -0.39 is 0 Å². The van der Waals surface area contributed by atoms with E-state index >= 15 is 0 Å². The average Bonchev–Trinajstić information content (AvgIpc) is 2.16. The first-order chi connectivity index (χ1) is 5.83. The summed E-state index contributed by atoms with van der Waals surface area (Å²) in [5.41, 5.74) is 3.02. The molecule has 1 aromatic rings.